The number of nitrogens with one attached hydrogen (secondary N) is 1. The lowest BCUT2D eigenvalue weighted by atomic mass is 9.98. The predicted octanol–water partition coefficient (Wildman–Crippen LogP) is 3.50. The number of nitrogens with zero attached hydrogens (tertiary/aromatic N) is 1. The second kappa shape index (κ2) is 10.1. The molecule has 8 heteroatoms. The van der Waals surface area contributed by atoms with Gasteiger partial charge in [0.05, 0.1) is 0 Å². The van der Waals surface area contributed by atoms with E-state index >= 15 is 0 Å². The topological polar surface area (TPSA) is 95.9 Å². The van der Waals surface area contributed by atoms with Crippen molar-refractivity contribution in [3.63, 3.8) is 0 Å². The first kappa shape index (κ1) is 22.9. The van der Waals surface area contributed by atoms with Crippen LogP contribution in [0.5, 0.6) is 0 Å². The lowest BCUT2D eigenvalue weighted by molar-refractivity contribution is -0.147. The fraction of sp³-hybridized carbons (Fsp3) is 0.320. The zero-order chi connectivity index (χ0) is 23.4. The number of aliphatic carboxylic acids is 1. The molecule has 0 spiro atoms. The quantitative estimate of drug-likeness (QED) is 0.633. The number of thioether (sulfide) groups is 1. The summed E-state index contributed by atoms with van der Waals surface area (Å²) in [6.45, 7) is 2.36. The Morgan fingerprint density at radius 1 is 1.12 bits per heavy atom. The standard InChI is InChI=1S/C25H26N2O5S/c1-16(23(28)27-12-13-33-15-22(27)24(29)30)10-11-26-25(31)32-14-21-19-8-4-2-6-17(19)18-7-3-5-9-20(18)21/h2-10,21-22H,11-15H2,1H3,(H,26,31)(H,29,30)/b16-10+. The van der Waals surface area contributed by atoms with Crippen LogP contribution in [0.25, 0.3) is 11.1 Å². The molecule has 1 heterocycles. The van der Waals surface area contributed by atoms with Gasteiger partial charge in [-0.3, -0.25) is 4.79 Å². The largest absolute Gasteiger partial charge is 0.480 e. The summed E-state index contributed by atoms with van der Waals surface area (Å²) in [4.78, 5) is 37.8. The first-order chi connectivity index (χ1) is 16.0. The van der Waals surface area contributed by atoms with Crippen molar-refractivity contribution in [1.29, 1.82) is 0 Å². The molecule has 1 atom stereocenters. The van der Waals surface area contributed by atoms with Gasteiger partial charge in [0.25, 0.3) is 0 Å². The third kappa shape index (κ3) is 4.90. The molecule has 2 aromatic rings. The van der Waals surface area contributed by atoms with Crippen LogP contribution >= 0.6 is 11.8 Å². The summed E-state index contributed by atoms with van der Waals surface area (Å²) in [5.74, 6) is -0.253. The smallest absolute Gasteiger partial charge is 0.407 e. The minimum absolute atomic E-state index is 0.0214. The monoisotopic (exact) mass is 466 g/mol. The molecule has 1 aliphatic heterocycles. The number of alkyl carbamates (subject to hydrolysis) is 1. The Bertz CT molecular complexity index is 1050. The van der Waals surface area contributed by atoms with Crippen LogP contribution in [0.15, 0.2) is 60.2 Å². The average Bonchev–Trinajstić information content (AvgIpc) is 3.16. The van der Waals surface area contributed by atoms with E-state index < -0.39 is 18.1 Å². The Hall–Kier alpha value is -3.26. The number of amides is 2. The zero-order valence-electron chi connectivity index (χ0n) is 18.3. The molecule has 1 saturated heterocycles. The fourth-order valence-corrected chi connectivity index (χ4v) is 5.34. The molecular formula is C25H26N2O5S. The molecule has 1 fully saturated rings. The maximum absolute atomic E-state index is 12.7. The number of benzene rings is 2. The van der Waals surface area contributed by atoms with Crippen molar-refractivity contribution in [3.8, 4) is 11.1 Å². The van der Waals surface area contributed by atoms with Crippen molar-refractivity contribution in [2.24, 2.45) is 0 Å². The molecule has 33 heavy (non-hydrogen) atoms. The summed E-state index contributed by atoms with van der Waals surface area (Å²) in [6, 6.07) is 15.4. The number of carboxylic acid groups (broad SMARTS) is 1. The van der Waals surface area contributed by atoms with Gasteiger partial charge in [-0.2, -0.15) is 11.8 Å². The van der Waals surface area contributed by atoms with Gasteiger partial charge in [-0.25, -0.2) is 9.59 Å². The molecule has 0 bridgehead atoms. The Kier molecular flexibility index (Phi) is 7.03. The number of rotatable bonds is 6. The molecule has 7 nitrogen and oxygen atoms in total. The SMILES string of the molecule is C/C(=C\CNC(=O)OCC1c2ccccc2-c2ccccc21)C(=O)N1CCSCC1C(=O)O. The van der Waals surface area contributed by atoms with E-state index in [9.17, 15) is 19.5 Å². The maximum atomic E-state index is 12.7. The van der Waals surface area contributed by atoms with Crippen LogP contribution in [0.2, 0.25) is 0 Å². The zero-order valence-corrected chi connectivity index (χ0v) is 19.1. The molecule has 172 valence electrons. The van der Waals surface area contributed by atoms with E-state index in [4.69, 9.17) is 4.74 Å². The number of carbonyl (C=O) groups is 3. The highest BCUT2D eigenvalue weighted by molar-refractivity contribution is 7.99. The van der Waals surface area contributed by atoms with Gasteiger partial charge in [0, 0.05) is 36.1 Å². The van der Waals surface area contributed by atoms with Gasteiger partial charge in [-0.15, -0.1) is 0 Å². The van der Waals surface area contributed by atoms with Crippen LogP contribution < -0.4 is 5.32 Å². The van der Waals surface area contributed by atoms with E-state index in [2.05, 4.69) is 29.6 Å². The molecule has 2 N–H and O–H groups in total. The van der Waals surface area contributed by atoms with Crippen LogP contribution in [0.3, 0.4) is 0 Å². The second-order valence-corrected chi connectivity index (χ2v) is 9.17. The van der Waals surface area contributed by atoms with Crippen molar-refractivity contribution < 1.29 is 24.2 Å². The molecular weight excluding hydrogens is 440 g/mol. The first-order valence-corrected chi connectivity index (χ1v) is 12.0. The molecule has 2 aromatic carbocycles. The number of carboxylic acids is 1. The summed E-state index contributed by atoms with van der Waals surface area (Å²) in [5, 5.41) is 12.0. The Morgan fingerprint density at radius 3 is 2.39 bits per heavy atom. The van der Waals surface area contributed by atoms with Crippen molar-refractivity contribution in [2.45, 2.75) is 18.9 Å². The van der Waals surface area contributed by atoms with Gasteiger partial charge < -0.3 is 20.1 Å². The summed E-state index contributed by atoms with van der Waals surface area (Å²) in [6.07, 6.45) is 1.02. The van der Waals surface area contributed by atoms with Crippen molar-refractivity contribution in [3.05, 3.63) is 71.3 Å². The van der Waals surface area contributed by atoms with Crippen LogP contribution in [-0.2, 0) is 14.3 Å². The molecule has 4 rings (SSSR count). The van der Waals surface area contributed by atoms with Gasteiger partial charge in [0.1, 0.15) is 12.6 Å². The number of ether oxygens (including phenoxy) is 1. The number of hydrogen-bond donors (Lipinski definition) is 2. The third-order valence-corrected chi connectivity index (χ3v) is 7.03. The summed E-state index contributed by atoms with van der Waals surface area (Å²) >= 11 is 1.53. The third-order valence-electron chi connectivity index (χ3n) is 6.01. The summed E-state index contributed by atoms with van der Waals surface area (Å²) in [7, 11) is 0. The number of fused-ring (bicyclic) bond motifs is 3. The van der Waals surface area contributed by atoms with Gasteiger partial charge in [0.2, 0.25) is 5.91 Å². The van der Waals surface area contributed by atoms with Gasteiger partial charge in [-0.1, -0.05) is 54.6 Å². The highest BCUT2D eigenvalue weighted by atomic mass is 32.2. The van der Waals surface area contributed by atoms with E-state index in [0.717, 1.165) is 22.3 Å². The van der Waals surface area contributed by atoms with Crippen LogP contribution in [0.1, 0.15) is 24.0 Å². The minimum Gasteiger partial charge on any atom is -0.480 e. The first-order valence-electron chi connectivity index (χ1n) is 10.8. The van der Waals surface area contributed by atoms with Crippen LogP contribution in [0.4, 0.5) is 4.79 Å². The van der Waals surface area contributed by atoms with Crippen molar-refractivity contribution >= 4 is 29.7 Å². The predicted molar refractivity (Wildman–Crippen MR) is 127 cm³/mol. The van der Waals surface area contributed by atoms with Gasteiger partial charge >= 0.3 is 12.1 Å². The molecule has 0 saturated carbocycles. The lowest BCUT2D eigenvalue weighted by Crippen LogP contribution is -2.50. The summed E-state index contributed by atoms with van der Waals surface area (Å²) in [5.41, 5.74) is 5.00. The Labute approximate surface area is 196 Å². The van der Waals surface area contributed by atoms with Gasteiger partial charge in [-0.05, 0) is 29.2 Å². The van der Waals surface area contributed by atoms with E-state index in [1.165, 1.54) is 16.7 Å². The van der Waals surface area contributed by atoms with Crippen LogP contribution in [0, 0.1) is 0 Å². The van der Waals surface area contributed by atoms with E-state index in [-0.39, 0.29) is 25.0 Å². The molecule has 0 radical (unpaired) electrons. The highest BCUT2D eigenvalue weighted by Crippen LogP contribution is 2.44. The van der Waals surface area contributed by atoms with E-state index in [1.807, 2.05) is 24.3 Å². The summed E-state index contributed by atoms with van der Waals surface area (Å²) < 4.78 is 5.49. The number of hydrogen-bond acceptors (Lipinski definition) is 5. The number of carbonyl (C=O) groups excluding carboxylic acids is 2. The minimum atomic E-state index is -1.000. The average molecular weight is 467 g/mol. The van der Waals surface area contributed by atoms with Crippen LogP contribution in [-0.4, -0.2) is 65.2 Å². The Balaban J connectivity index is 1.31. The molecule has 2 amide bonds. The van der Waals surface area contributed by atoms with Gasteiger partial charge in [0.15, 0.2) is 0 Å². The Morgan fingerprint density at radius 2 is 1.76 bits per heavy atom. The second-order valence-electron chi connectivity index (χ2n) is 8.02. The highest BCUT2D eigenvalue weighted by Gasteiger charge is 2.33. The normalized spacial score (nSPS) is 17.8. The van der Waals surface area contributed by atoms with E-state index in [0.29, 0.717) is 23.6 Å². The molecule has 2 aliphatic rings. The van der Waals surface area contributed by atoms with Crippen molar-refractivity contribution in [1.82, 2.24) is 10.2 Å². The maximum Gasteiger partial charge on any atom is 0.407 e. The molecule has 1 aliphatic carbocycles. The molecule has 0 aromatic heterocycles. The van der Waals surface area contributed by atoms with Crippen molar-refractivity contribution in [2.75, 3.05) is 31.2 Å². The lowest BCUT2D eigenvalue weighted by Gasteiger charge is -2.32. The molecule has 1 unspecified atom stereocenters. The van der Waals surface area contributed by atoms with E-state index in [1.54, 1.807) is 13.0 Å². The fourth-order valence-electron chi connectivity index (χ4n) is 4.30.